The van der Waals surface area contributed by atoms with Crippen LogP contribution in [0.4, 0.5) is 0 Å². The summed E-state index contributed by atoms with van der Waals surface area (Å²) < 4.78 is 0. The van der Waals surface area contributed by atoms with E-state index in [0.717, 1.165) is 16.8 Å². The number of nitrogens with one attached hydrogen (secondary N) is 1. The lowest BCUT2D eigenvalue weighted by Gasteiger charge is -2.00. The Morgan fingerprint density at radius 1 is 1.38 bits per heavy atom. The lowest BCUT2D eigenvalue weighted by atomic mass is 10.2. The summed E-state index contributed by atoms with van der Waals surface area (Å²) in [6.07, 6.45) is 5.16. The maximum Gasteiger partial charge on any atom is 0.222 e. The highest BCUT2D eigenvalue weighted by molar-refractivity contribution is 6.28. The monoisotopic (exact) mass is 194 g/mol. The lowest BCUT2D eigenvalue weighted by molar-refractivity contribution is 1.09. The number of nitrogens with zero attached hydrogens (tertiary/aromatic N) is 3. The zero-order valence-electron chi connectivity index (χ0n) is 6.95. The predicted octanol–water partition coefficient (Wildman–Crippen LogP) is 1.83. The van der Waals surface area contributed by atoms with Gasteiger partial charge >= 0.3 is 0 Å². The van der Waals surface area contributed by atoms with Crippen LogP contribution in [0.1, 0.15) is 5.56 Å². The Labute approximate surface area is 80.0 Å². The van der Waals surface area contributed by atoms with Gasteiger partial charge in [0.2, 0.25) is 5.28 Å². The highest BCUT2D eigenvalue weighted by atomic mass is 35.5. The van der Waals surface area contributed by atoms with Crippen molar-refractivity contribution >= 4 is 11.6 Å². The maximum absolute atomic E-state index is 5.68. The van der Waals surface area contributed by atoms with Crippen molar-refractivity contribution in [1.29, 1.82) is 0 Å². The fourth-order valence-corrected chi connectivity index (χ4v) is 1.23. The summed E-state index contributed by atoms with van der Waals surface area (Å²) in [6.45, 7) is 1.93. The first-order valence-corrected chi connectivity index (χ1v) is 4.13. The first-order chi connectivity index (χ1) is 6.27. The summed E-state index contributed by atoms with van der Waals surface area (Å²) in [7, 11) is 0. The molecule has 0 aromatic carbocycles. The van der Waals surface area contributed by atoms with Gasteiger partial charge in [0.05, 0.1) is 11.9 Å². The van der Waals surface area contributed by atoms with Crippen molar-refractivity contribution in [2.45, 2.75) is 6.92 Å². The smallest absolute Gasteiger partial charge is 0.222 e. The number of hydrogen-bond donors (Lipinski definition) is 1. The van der Waals surface area contributed by atoms with E-state index in [9.17, 15) is 0 Å². The maximum atomic E-state index is 5.68. The van der Waals surface area contributed by atoms with Gasteiger partial charge in [-0.1, -0.05) is 0 Å². The number of hydrogen-bond acceptors (Lipinski definition) is 3. The molecule has 2 rings (SSSR count). The molecule has 0 atom stereocenters. The second kappa shape index (κ2) is 3.14. The Bertz CT molecular complexity index is 410. The predicted molar refractivity (Wildman–Crippen MR) is 49.4 cm³/mol. The van der Waals surface area contributed by atoms with E-state index in [2.05, 4.69) is 20.2 Å². The molecular weight excluding hydrogens is 188 g/mol. The van der Waals surface area contributed by atoms with Crippen molar-refractivity contribution in [2.75, 3.05) is 0 Å². The molecule has 0 bridgehead atoms. The van der Waals surface area contributed by atoms with Crippen molar-refractivity contribution in [2.24, 2.45) is 0 Å². The van der Waals surface area contributed by atoms with Gasteiger partial charge in [0.15, 0.2) is 0 Å². The van der Waals surface area contributed by atoms with Gasteiger partial charge in [-0.25, -0.2) is 9.97 Å². The van der Waals surface area contributed by atoms with E-state index >= 15 is 0 Å². The molecule has 2 aromatic heterocycles. The van der Waals surface area contributed by atoms with Crippen LogP contribution in [0.3, 0.4) is 0 Å². The van der Waals surface area contributed by atoms with Crippen LogP contribution in [-0.2, 0) is 0 Å². The van der Waals surface area contributed by atoms with Crippen LogP contribution in [0.5, 0.6) is 0 Å². The van der Waals surface area contributed by atoms with Gasteiger partial charge in [-0.05, 0) is 24.1 Å². The largest absolute Gasteiger partial charge is 0.285 e. The van der Waals surface area contributed by atoms with Gasteiger partial charge in [0, 0.05) is 18.0 Å². The summed E-state index contributed by atoms with van der Waals surface area (Å²) >= 11 is 5.68. The first kappa shape index (κ1) is 8.19. The van der Waals surface area contributed by atoms with E-state index in [0.29, 0.717) is 0 Å². The molecule has 0 amide bonds. The molecule has 0 spiro atoms. The van der Waals surface area contributed by atoms with E-state index in [-0.39, 0.29) is 5.28 Å². The molecule has 2 heterocycles. The third kappa shape index (κ3) is 1.53. The third-order valence-corrected chi connectivity index (χ3v) is 1.90. The van der Waals surface area contributed by atoms with Crippen molar-refractivity contribution in [3.8, 4) is 11.3 Å². The Morgan fingerprint density at radius 3 is 2.92 bits per heavy atom. The van der Waals surface area contributed by atoms with Crippen LogP contribution in [0.15, 0.2) is 18.6 Å². The van der Waals surface area contributed by atoms with Gasteiger partial charge < -0.3 is 0 Å². The minimum Gasteiger partial charge on any atom is -0.285 e. The first-order valence-electron chi connectivity index (χ1n) is 3.75. The summed E-state index contributed by atoms with van der Waals surface area (Å²) in [5.41, 5.74) is 2.71. The molecule has 4 nitrogen and oxygen atoms in total. The van der Waals surface area contributed by atoms with Gasteiger partial charge in [-0.15, -0.1) is 0 Å². The molecule has 0 aliphatic rings. The minimum absolute atomic E-state index is 0.252. The lowest BCUT2D eigenvalue weighted by Crippen LogP contribution is -1.90. The molecule has 0 radical (unpaired) electrons. The van der Waals surface area contributed by atoms with E-state index < -0.39 is 0 Å². The number of H-pyrrole nitrogens is 1. The molecule has 0 fully saturated rings. The van der Waals surface area contributed by atoms with Crippen LogP contribution < -0.4 is 0 Å². The summed E-state index contributed by atoms with van der Waals surface area (Å²) in [5.74, 6) is 0. The standard InChI is InChI=1S/C8H7ClN4/c1-5-2-10-8(9)13-7(5)6-3-11-12-4-6/h2-4H,1H3,(H,11,12). The van der Waals surface area contributed by atoms with E-state index in [4.69, 9.17) is 11.6 Å². The Hall–Kier alpha value is -1.42. The molecule has 5 heteroatoms. The topological polar surface area (TPSA) is 54.5 Å². The second-order valence-electron chi connectivity index (χ2n) is 2.66. The van der Waals surface area contributed by atoms with Gasteiger partial charge in [-0.3, -0.25) is 5.10 Å². The average molecular weight is 195 g/mol. The Morgan fingerprint density at radius 2 is 2.23 bits per heavy atom. The number of aryl methyl sites for hydroxylation is 1. The molecule has 13 heavy (non-hydrogen) atoms. The van der Waals surface area contributed by atoms with E-state index in [1.807, 2.05) is 6.92 Å². The number of halogens is 1. The summed E-state index contributed by atoms with van der Waals surface area (Å²) in [4.78, 5) is 7.98. The van der Waals surface area contributed by atoms with Crippen LogP contribution >= 0.6 is 11.6 Å². The highest BCUT2D eigenvalue weighted by Gasteiger charge is 2.05. The molecule has 0 aliphatic heterocycles. The fourth-order valence-electron chi connectivity index (χ4n) is 1.09. The molecule has 2 aromatic rings. The van der Waals surface area contributed by atoms with Gasteiger partial charge in [0.25, 0.3) is 0 Å². The molecule has 0 saturated carbocycles. The summed E-state index contributed by atoms with van der Waals surface area (Å²) in [5, 5.41) is 6.81. The zero-order valence-corrected chi connectivity index (χ0v) is 7.71. The normalized spacial score (nSPS) is 10.3. The molecule has 0 saturated heterocycles. The van der Waals surface area contributed by atoms with Gasteiger partial charge in [-0.2, -0.15) is 5.10 Å². The van der Waals surface area contributed by atoms with Crippen LogP contribution in [0.2, 0.25) is 5.28 Å². The zero-order chi connectivity index (χ0) is 9.26. The SMILES string of the molecule is Cc1cnc(Cl)nc1-c1cn[nH]c1. The Kier molecular flexibility index (Phi) is 1.98. The molecule has 1 N–H and O–H groups in total. The van der Waals surface area contributed by atoms with Gasteiger partial charge in [0.1, 0.15) is 0 Å². The Balaban J connectivity index is 2.57. The fraction of sp³-hybridized carbons (Fsp3) is 0.125. The van der Waals surface area contributed by atoms with Crippen LogP contribution in [0.25, 0.3) is 11.3 Å². The van der Waals surface area contributed by atoms with Crippen molar-refractivity contribution in [3.63, 3.8) is 0 Å². The quantitative estimate of drug-likeness (QED) is 0.705. The number of aromatic amines is 1. The molecule has 0 aliphatic carbocycles. The molecule has 66 valence electrons. The summed E-state index contributed by atoms with van der Waals surface area (Å²) in [6, 6.07) is 0. The number of aromatic nitrogens is 4. The highest BCUT2D eigenvalue weighted by Crippen LogP contribution is 2.19. The van der Waals surface area contributed by atoms with Crippen molar-refractivity contribution in [1.82, 2.24) is 20.2 Å². The molecular formula is C8H7ClN4. The second-order valence-corrected chi connectivity index (χ2v) is 3.00. The molecule has 0 unspecified atom stereocenters. The van der Waals surface area contributed by atoms with Crippen molar-refractivity contribution in [3.05, 3.63) is 29.4 Å². The minimum atomic E-state index is 0.252. The van der Waals surface area contributed by atoms with E-state index in [1.54, 1.807) is 18.6 Å². The number of rotatable bonds is 1. The van der Waals surface area contributed by atoms with Crippen LogP contribution in [0, 0.1) is 6.92 Å². The van der Waals surface area contributed by atoms with Crippen molar-refractivity contribution < 1.29 is 0 Å². The third-order valence-electron chi connectivity index (χ3n) is 1.71. The van der Waals surface area contributed by atoms with E-state index in [1.165, 1.54) is 0 Å². The average Bonchev–Trinajstić information content (AvgIpc) is 2.61. The van der Waals surface area contributed by atoms with Crippen LogP contribution in [-0.4, -0.2) is 20.2 Å².